The first-order valence-corrected chi connectivity index (χ1v) is 2.20. The molecule has 0 saturated carbocycles. The molecule has 0 radical (unpaired) electrons. The van der Waals surface area contributed by atoms with Crippen LogP contribution in [0.3, 0.4) is 0 Å². The van der Waals surface area contributed by atoms with E-state index in [0.29, 0.717) is 0 Å². The van der Waals surface area contributed by atoms with Gasteiger partial charge in [-0.1, -0.05) is 6.08 Å². The van der Waals surface area contributed by atoms with Crippen molar-refractivity contribution in [1.82, 2.24) is 0 Å². The Hall–Kier alpha value is -0.410. The van der Waals surface area contributed by atoms with Crippen LogP contribution in [0.1, 0.15) is 0 Å². The SMILES string of the molecule is C=CCOC(F)OC. The number of hydrogen-bond donors (Lipinski definition) is 0. The number of hydrogen-bond acceptors (Lipinski definition) is 2. The topological polar surface area (TPSA) is 18.5 Å². The van der Waals surface area contributed by atoms with E-state index in [2.05, 4.69) is 16.1 Å². The van der Waals surface area contributed by atoms with Gasteiger partial charge >= 0.3 is 6.54 Å². The summed E-state index contributed by atoms with van der Waals surface area (Å²) in [6.07, 6.45) is 1.45. The molecule has 2 nitrogen and oxygen atoms in total. The minimum Gasteiger partial charge on any atom is -0.330 e. The molecule has 0 heterocycles. The Kier molecular flexibility index (Phi) is 4.50. The molecule has 0 aliphatic carbocycles. The number of rotatable bonds is 4. The fourth-order valence-corrected chi connectivity index (χ4v) is 0.212. The molecule has 0 bridgehead atoms. The van der Waals surface area contributed by atoms with Gasteiger partial charge in [-0.3, -0.25) is 0 Å². The first-order chi connectivity index (χ1) is 3.81. The van der Waals surface area contributed by atoms with Crippen LogP contribution >= 0.6 is 0 Å². The highest BCUT2D eigenvalue weighted by molar-refractivity contribution is 4.63. The third-order valence-corrected chi connectivity index (χ3v) is 0.530. The molecule has 8 heavy (non-hydrogen) atoms. The highest BCUT2D eigenvalue weighted by Crippen LogP contribution is 1.91. The van der Waals surface area contributed by atoms with Gasteiger partial charge in [0.1, 0.15) is 0 Å². The fraction of sp³-hybridized carbons (Fsp3) is 0.600. The Morgan fingerprint density at radius 2 is 2.50 bits per heavy atom. The molecule has 0 spiro atoms. The second-order valence-electron chi connectivity index (χ2n) is 1.13. The van der Waals surface area contributed by atoms with Gasteiger partial charge in [-0.05, 0) is 0 Å². The first kappa shape index (κ1) is 7.59. The summed E-state index contributed by atoms with van der Waals surface area (Å²) in [5, 5.41) is 0. The molecule has 0 aromatic carbocycles. The third kappa shape index (κ3) is 3.77. The second-order valence-corrected chi connectivity index (χ2v) is 1.13. The lowest BCUT2D eigenvalue weighted by Crippen LogP contribution is -2.07. The van der Waals surface area contributed by atoms with Gasteiger partial charge in [0.05, 0.1) is 6.61 Å². The van der Waals surface area contributed by atoms with Gasteiger partial charge in [0, 0.05) is 7.11 Å². The predicted molar refractivity (Wildman–Crippen MR) is 28.1 cm³/mol. The number of methoxy groups -OCH3 is 1. The van der Waals surface area contributed by atoms with Gasteiger partial charge in [-0.2, -0.15) is 4.39 Å². The van der Waals surface area contributed by atoms with Crippen LogP contribution in [0.2, 0.25) is 0 Å². The molecule has 0 aliphatic heterocycles. The van der Waals surface area contributed by atoms with Crippen molar-refractivity contribution >= 4 is 0 Å². The largest absolute Gasteiger partial charge is 0.330 e. The van der Waals surface area contributed by atoms with E-state index in [1.165, 1.54) is 13.2 Å². The smallest absolute Gasteiger partial charge is 0.309 e. The van der Waals surface area contributed by atoms with Crippen molar-refractivity contribution in [2.24, 2.45) is 0 Å². The van der Waals surface area contributed by atoms with Crippen LogP contribution in [0, 0.1) is 0 Å². The van der Waals surface area contributed by atoms with Gasteiger partial charge in [-0.15, -0.1) is 6.58 Å². The molecule has 0 aliphatic rings. The number of alkyl halides is 1. The van der Waals surface area contributed by atoms with Gasteiger partial charge < -0.3 is 9.47 Å². The first-order valence-electron chi connectivity index (χ1n) is 2.20. The zero-order chi connectivity index (χ0) is 6.41. The van der Waals surface area contributed by atoms with E-state index in [9.17, 15) is 4.39 Å². The summed E-state index contributed by atoms with van der Waals surface area (Å²) in [5.74, 6) is 0. The zero-order valence-corrected chi connectivity index (χ0v) is 4.76. The molecular formula is C5H9FO2. The number of halogens is 1. The molecular weight excluding hydrogens is 111 g/mol. The minimum atomic E-state index is -1.62. The molecule has 1 unspecified atom stereocenters. The van der Waals surface area contributed by atoms with E-state index in [1.54, 1.807) is 0 Å². The Bertz CT molecular complexity index is 65.4. The van der Waals surface area contributed by atoms with E-state index < -0.39 is 6.54 Å². The van der Waals surface area contributed by atoms with Gasteiger partial charge in [-0.25, -0.2) is 0 Å². The van der Waals surface area contributed by atoms with E-state index >= 15 is 0 Å². The maximum Gasteiger partial charge on any atom is 0.309 e. The molecule has 48 valence electrons. The highest BCUT2D eigenvalue weighted by Gasteiger charge is 1.98. The third-order valence-electron chi connectivity index (χ3n) is 0.530. The van der Waals surface area contributed by atoms with Crippen LogP contribution in [0.25, 0.3) is 0 Å². The predicted octanol–water partition coefficient (Wildman–Crippen LogP) is 1.09. The monoisotopic (exact) mass is 120 g/mol. The lowest BCUT2D eigenvalue weighted by molar-refractivity contribution is -0.196. The summed E-state index contributed by atoms with van der Waals surface area (Å²) in [6, 6.07) is 0. The molecule has 0 aromatic rings. The summed E-state index contributed by atoms with van der Waals surface area (Å²) >= 11 is 0. The van der Waals surface area contributed by atoms with Crippen LogP contribution in [0.4, 0.5) is 4.39 Å². The molecule has 0 amide bonds. The zero-order valence-electron chi connectivity index (χ0n) is 4.76. The van der Waals surface area contributed by atoms with Crippen molar-refractivity contribution in [2.45, 2.75) is 6.54 Å². The van der Waals surface area contributed by atoms with Crippen LogP contribution in [0.5, 0.6) is 0 Å². The summed E-state index contributed by atoms with van der Waals surface area (Å²) in [6.45, 7) is 1.88. The molecule has 3 heteroatoms. The molecule has 0 saturated heterocycles. The van der Waals surface area contributed by atoms with Crippen LogP contribution in [-0.2, 0) is 9.47 Å². The van der Waals surface area contributed by atoms with Crippen molar-refractivity contribution in [3.8, 4) is 0 Å². The summed E-state index contributed by atoms with van der Waals surface area (Å²) in [7, 11) is 1.23. The quantitative estimate of drug-likeness (QED) is 0.408. The van der Waals surface area contributed by atoms with E-state index in [-0.39, 0.29) is 6.61 Å². The maximum absolute atomic E-state index is 11.8. The average molecular weight is 120 g/mol. The van der Waals surface area contributed by atoms with E-state index in [4.69, 9.17) is 0 Å². The summed E-state index contributed by atoms with van der Waals surface area (Å²) in [5.41, 5.74) is 0. The van der Waals surface area contributed by atoms with Gasteiger partial charge in [0.15, 0.2) is 0 Å². The van der Waals surface area contributed by atoms with E-state index in [1.807, 2.05) is 0 Å². The summed E-state index contributed by atoms with van der Waals surface area (Å²) < 4.78 is 20.3. The van der Waals surface area contributed by atoms with Crippen LogP contribution < -0.4 is 0 Å². The Labute approximate surface area is 47.9 Å². The van der Waals surface area contributed by atoms with Crippen molar-refractivity contribution in [1.29, 1.82) is 0 Å². The highest BCUT2D eigenvalue weighted by atomic mass is 19.2. The Morgan fingerprint density at radius 3 is 2.88 bits per heavy atom. The Morgan fingerprint density at radius 1 is 1.88 bits per heavy atom. The second kappa shape index (κ2) is 4.74. The molecule has 0 fully saturated rings. The molecule has 0 rings (SSSR count). The fourth-order valence-electron chi connectivity index (χ4n) is 0.212. The maximum atomic E-state index is 11.8. The molecule has 1 atom stereocenters. The lowest BCUT2D eigenvalue weighted by Gasteiger charge is -2.02. The van der Waals surface area contributed by atoms with Crippen molar-refractivity contribution in [3.05, 3.63) is 12.7 Å². The van der Waals surface area contributed by atoms with Crippen LogP contribution in [-0.4, -0.2) is 20.3 Å². The van der Waals surface area contributed by atoms with Crippen LogP contribution in [0.15, 0.2) is 12.7 Å². The molecule has 0 aromatic heterocycles. The minimum absolute atomic E-state index is 0.176. The Balaban J connectivity index is 2.97. The van der Waals surface area contributed by atoms with Gasteiger partial charge in [0.25, 0.3) is 0 Å². The summed E-state index contributed by atoms with van der Waals surface area (Å²) in [4.78, 5) is 0. The van der Waals surface area contributed by atoms with Crippen molar-refractivity contribution in [3.63, 3.8) is 0 Å². The average Bonchev–Trinajstić information content (AvgIpc) is 1.83. The normalized spacial score (nSPS) is 13.2. The van der Waals surface area contributed by atoms with Gasteiger partial charge in [0.2, 0.25) is 0 Å². The number of ether oxygens (including phenoxy) is 2. The molecule has 0 N–H and O–H groups in total. The van der Waals surface area contributed by atoms with Crippen molar-refractivity contribution in [2.75, 3.05) is 13.7 Å². The van der Waals surface area contributed by atoms with Crippen molar-refractivity contribution < 1.29 is 13.9 Å². The standard InChI is InChI=1S/C5H9FO2/c1-3-4-8-5(6)7-2/h3,5H,1,4H2,2H3. The lowest BCUT2D eigenvalue weighted by atomic mass is 10.7. The van der Waals surface area contributed by atoms with E-state index in [0.717, 1.165) is 0 Å².